The smallest absolute Gasteiger partial charge is 0.306 e. The lowest BCUT2D eigenvalue weighted by atomic mass is 10.0. The molecule has 0 amide bonds. The van der Waals surface area contributed by atoms with Crippen molar-refractivity contribution in [2.75, 3.05) is 13.2 Å². The minimum atomic E-state index is -0.762. The van der Waals surface area contributed by atoms with Crippen LogP contribution >= 0.6 is 0 Å². The maximum absolute atomic E-state index is 12.9. The molecule has 0 aromatic carbocycles. The third-order valence-corrected chi connectivity index (χ3v) is 17.1. The van der Waals surface area contributed by atoms with Gasteiger partial charge in [-0.25, -0.2) is 0 Å². The summed E-state index contributed by atoms with van der Waals surface area (Å²) >= 11 is 0. The Morgan fingerprint density at radius 2 is 0.342 bits per heavy atom. The maximum Gasteiger partial charge on any atom is 0.306 e. The highest BCUT2D eigenvalue weighted by Gasteiger charge is 2.20. The third kappa shape index (κ3) is 67.1. The zero-order valence-corrected chi connectivity index (χ0v) is 54.2. The van der Waals surface area contributed by atoms with Crippen molar-refractivity contribution in [1.82, 2.24) is 0 Å². The molecule has 6 heteroatoms. The summed E-state index contributed by atoms with van der Waals surface area (Å²) in [5.74, 6) is -0.828. The summed E-state index contributed by atoms with van der Waals surface area (Å²) in [5, 5.41) is 0. The van der Waals surface area contributed by atoms with Gasteiger partial charge < -0.3 is 14.2 Å². The number of unbranched alkanes of at least 4 members (excludes halogenated alkanes) is 58. The molecular formula is C73H142O6. The van der Waals surface area contributed by atoms with Gasteiger partial charge in [0.05, 0.1) is 0 Å². The molecule has 470 valence electrons. The van der Waals surface area contributed by atoms with Crippen LogP contribution in [-0.2, 0) is 28.6 Å². The first-order valence-electron chi connectivity index (χ1n) is 36.5. The average Bonchev–Trinajstić information content (AvgIpc) is 3.45. The van der Waals surface area contributed by atoms with Crippen molar-refractivity contribution < 1.29 is 28.6 Å². The highest BCUT2D eigenvalue weighted by Crippen LogP contribution is 2.20. The van der Waals surface area contributed by atoms with Crippen LogP contribution < -0.4 is 0 Å². The summed E-state index contributed by atoms with van der Waals surface area (Å²) in [6.45, 7) is 6.71. The van der Waals surface area contributed by atoms with E-state index >= 15 is 0 Å². The van der Waals surface area contributed by atoms with Gasteiger partial charge in [0.15, 0.2) is 6.10 Å². The number of esters is 3. The van der Waals surface area contributed by atoms with Gasteiger partial charge in [0.25, 0.3) is 0 Å². The Morgan fingerprint density at radius 1 is 0.203 bits per heavy atom. The third-order valence-electron chi connectivity index (χ3n) is 17.1. The Labute approximate surface area is 495 Å². The van der Waals surface area contributed by atoms with Crippen LogP contribution in [0.4, 0.5) is 0 Å². The second-order valence-corrected chi connectivity index (χ2v) is 25.2. The van der Waals surface area contributed by atoms with Crippen LogP contribution in [0.5, 0.6) is 0 Å². The Kier molecular flexibility index (Phi) is 67.5. The molecule has 6 nitrogen and oxygen atoms in total. The molecule has 0 bridgehead atoms. The lowest BCUT2D eigenvalue weighted by Crippen LogP contribution is -2.30. The summed E-state index contributed by atoms with van der Waals surface area (Å²) in [5.41, 5.74) is 0. The molecule has 1 unspecified atom stereocenters. The fourth-order valence-electron chi connectivity index (χ4n) is 11.6. The summed E-state index contributed by atoms with van der Waals surface area (Å²) < 4.78 is 16.9. The fourth-order valence-corrected chi connectivity index (χ4v) is 11.6. The van der Waals surface area contributed by atoms with E-state index in [1.807, 2.05) is 0 Å². The first-order chi connectivity index (χ1) is 39.0. The molecule has 0 radical (unpaired) electrons. The number of hydrogen-bond acceptors (Lipinski definition) is 6. The van der Waals surface area contributed by atoms with Gasteiger partial charge in [-0.3, -0.25) is 14.4 Å². The predicted molar refractivity (Wildman–Crippen MR) is 344 cm³/mol. The van der Waals surface area contributed by atoms with Gasteiger partial charge in [-0.2, -0.15) is 0 Å². The zero-order valence-electron chi connectivity index (χ0n) is 54.2. The van der Waals surface area contributed by atoms with Crippen molar-refractivity contribution >= 4 is 17.9 Å². The molecule has 79 heavy (non-hydrogen) atoms. The van der Waals surface area contributed by atoms with E-state index in [9.17, 15) is 14.4 Å². The maximum atomic E-state index is 12.9. The summed E-state index contributed by atoms with van der Waals surface area (Å²) in [6.07, 6.45) is 81.8. The number of carbonyl (C=O) groups excluding carboxylic acids is 3. The molecule has 0 N–H and O–H groups in total. The van der Waals surface area contributed by atoms with Gasteiger partial charge in [0, 0.05) is 19.3 Å². The van der Waals surface area contributed by atoms with E-state index in [-0.39, 0.29) is 31.1 Å². The topological polar surface area (TPSA) is 78.9 Å². The van der Waals surface area contributed by atoms with Crippen molar-refractivity contribution in [2.45, 2.75) is 438 Å². The van der Waals surface area contributed by atoms with E-state index in [0.29, 0.717) is 19.3 Å². The lowest BCUT2D eigenvalue weighted by molar-refractivity contribution is -0.167. The van der Waals surface area contributed by atoms with E-state index in [1.54, 1.807) is 0 Å². The van der Waals surface area contributed by atoms with Gasteiger partial charge in [-0.1, -0.05) is 393 Å². The molecular weight excluding hydrogens is 973 g/mol. The van der Waals surface area contributed by atoms with E-state index in [2.05, 4.69) is 20.8 Å². The fraction of sp³-hybridized carbons (Fsp3) is 0.959. The monoisotopic (exact) mass is 1120 g/mol. The van der Waals surface area contributed by atoms with E-state index < -0.39 is 6.10 Å². The zero-order chi connectivity index (χ0) is 57.1. The first kappa shape index (κ1) is 77.4. The number of carbonyl (C=O) groups is 3. The number of ether oxygens (including phenoxy) is 3. The number of hydrogen-bond donors (Lipinski definition) is 0. The Hall–Kier alpha value is -1.59. The van der Waals surface area contributed by atoms with Crippen molar-refractivity contribution in [2.24, 2.45) is 0 Å². The van der Waals surface area contributed by atoms with Gasteiger partial charge in [-0.15, -0.1) is 0 Å². The summed E-state index contributed by atoms with van der Waals surface area (Å²) in [6, 6.07) is 0. The van der Waals surface area contributed by atoms with Crippen LogP contribution in [0.25, 0.3) is 0 Å². The van der Waals surface area contributed by atoms with Crippen molar-refractivity contribution in [3.05, 3.63) is 0 Å². The second kappa shape index (κ2) is 68.9. The van der Waals surface area contributed by atoms with Gasteiger partial charge in [0.2, 0.25) is 0 Å². The molecule has 0 aliphatic carbocycles. The minimum Gasteiger partial charge on any atom is -0.462 e. The lowest BCUT2D eigenvalue weighted by Gasteiger charge is -2.18. The van der Waals surface area contributed by atoms with Crippen LogP contribution in [0.1, 0.15) is 432 Å². The molecule has 0 heterocycles. The molecule has 0 spiro atoms. The molecule has 0 aromatic heterocycles. The van der Waals surface area contributed by atoms with Crippen LogP contribution in [0.3, 0.4) is 0 Å². The van der Waals surface area contributed by atoms with E-state index in [4.69, 9.17) is 14.2 Å². The Balaban J connectivity index is 3.99. The SMILES string of the molecule is CCCCCCCCCCCCCCCCCCCCCCCCCCCCCCCCC(=O)OCC(COC(=O)CCCCCCCCCC)OC(=O)CCCCCCCCCCCCCCCCCCCCCCCCC. The summed E-state index contributed by atoms with van der Waals surface area (Å²) in [7, 11) is 0. The van der Waals surface area contributed by atoms with Crippen LogP contribution in [0.2, 0.25) is 0 Å². The molecule has 0 rings (SSSR count). The molecule has 0 saturated heterocycles. The van der Waals surface area contributed by atoms with Gasteiger partial charge in [0.1, 0.15) is 13.2 Å². The van der Waals surface area contributed by atoms with Crippen molar-refractivity contribution in [3.63, 3.8) is 0 Å². The van der Waals surface area contributed by atoms with Crippen LogP contribution in [0.15, 0.2) is 0 Å². The van der Waals surface area contributed by atoms with Gasteiger partial charge in [-0.05, 0) is 19.3 Å². The molecule has 0 aromatic rings. The largest absolute Gasteiger partial charge is 0.462 e. The molecule has 0 aliphatic heterocycles. The highest BCUT2D eigenvalue weighted by molar-refractivity contribution is 5.71. The second-order valence-electron chi connectivity index (χ2n) is 25.2. The van der Waals surface area contributed by atoms with E-state index in [1.165, 1.54) is 334 Å². The molecule has 0 aliphatic rings. The predicted octanol–water partition coefficient (Wildman–Crippen LogP) is 25.0. The summed E-state index contributed by atoms with van der Waals surface area (Å²) in [4.78, 5) is 38.2. The van der Waals surface area contributed by atoms with E-state index in [0.717, 1.165) is 57.8 Å². The highest BCUT2D eigenvalue weighted by atomic mass is 16.6. The minimum absolute atomic E-state index is 0.0609. The normalized spacial score (nSPS) is 11.9. The Bertz CT molecular complexity index is 1190. The average molecular weight is 1120 g/mol. The van der Waals surface area contributed by atoms with Gasteiger partial charge >= 0.3 is 17.9 Å². The number of rotatable bonds is 69. The van der Waals surface area contributed by atoms with Crippen molar-refractivity contribution in [1.29, 1.82) is 0 Å². The molecule has 0 fully saturated rings. The standard InChI is InChI=1S/C73H142O6/c1-4-7-10-13-16-19-21-23-25-27-29-31-33-34-35-36-37-38-39-41-42-44-46-48-50-52-54-57-60-63-66-72(75)78-69-70(68-77-71(74)65-62-59-56-18-15-12-9-6-3)79-73(76)67-64-61-58-55-53-51-49-47-45-43-40-32-30-28-26-24-22-20-17-14-11-8-5-2/h70H,4-69H2,1-3H3. The first-order valence-corrected chi connectivity index (χ1v) is 36.5. The Morgan fingerprint density at radius 3 is 0.506 bits per heavy atom. The molecule has 1 atom stereocenters. The quantitative estimate of drug-likeness (QED) is 0.0343. The molecule has 0 saturated carbocycles. The van der Waals surface area contributed by atoms with Crippen LogP contribution in [-0.4, -0.2) is 37.2 Å². The van der Waals surface area contributed by atoms with Crippen molar-refractivity contribution in [3.8, 4) is 0 Å². The van der Waals surface area contributed by atoms with Crippen LogP contribution in [0, 0.1) is 0 Å².